The van der Waals surface area contributed by atoms with Crippen molar-refractivity contribution >= 4 is 29.6 Å². The summed E-state index contributed by atoms with van der Waals surface area (Å²) in [6, 6.07) is 0. The van der Waals surface area contributed by atoms with Crippen molar-refractivity contribution in [2.45, 2.75) is 0 Å². The molecule has 72 valence electrons. The largest absolute Gasteiger partial charge is 0.465 e. The van der Waals surface area contributed by atoms with Gasteiger partial charge in [-0.05, 0) is 18.2 Å². The summed E-state index contributed by atoms with van der Waals surface area (Å²) in [5.74, 6) is 0. The zero-order chi connectivity index (χ0) is 9.97. The lowest BCUT2D eigenvalue weighted by Gasteiger charge is -2.11. The van der Waals surface area contributed by atoms with E-state index in [-0.39, 0.29) is 0 Å². The zero-order valence-corrected chi connectivity index (χ0v) is 8.07. The Labute approximate surface area is 84.1 Å². The summed E-state index contributed by atoms with van der Waals surface area (Å²) in [5.41, 5.74) is 1.75. The number of thiazole rings is 1. The Morgan fingerprint density at radius 1 is 1.64 bits per heavy atom. The van der Waals surface area contributed by atoms with Gasteiger partial charge in [-0.2, -0.15) is 0 Å². The Morgan fingerprint density at radius 2 is 2.50 bits per heavy atom. The van der Waals surface area contributed by atoms with Crippen molar-refractivity contribution in [3.05, 3.63) is 27.7 Å². The molecule has 1 aromatic rings. The fourth-order valence-electron chi connectivity index (χ4n) is 1.16. The van der Waals surface area contributed by atoms with Gasteiger partial charge in [0.2, 0.25) is 0 Å². The molecule has 14 heavy (non-hydrogen) atoms. The number of fused-ring (bicyclic) bond motifs is 1. The van der Waals surface area contributed by atoms with Crippen molar-refractivity contribution in [2.24, 2.45) is 0 Å². The second kappa shape index (κ2) is 3.63. The normalized spacial score (nSPS) is 21.9. The molecule has 0 saturated carbocycles. The van der Waals surface area contributed by atoms with Crippen molar-refractivity contribution in [1.82, 2.24) is 9.88 Å². The van der Waals surface area contributed by atoms with Gasteiger partial charge in [0.25, 0.3) is 0 Å². The summed E-state index contributed by atoms with van der Waals surface area (Å²) < 4.78 is 1.01. The van der Waals surface area contributed by atoms with Gasteiger partial charge in [-0.25, -0.2) is 9.78 Å². The molecule has 1 aromatic heterocycles. The minimum atomic E-state index is -0.945. The molecule has 0 spiro atoms. The second-order valence-corrected chi connectivity index (χ2v) is 3.64. The summed E-state index contributed by atoms with van der Waals surface area (Å²) >= 11 is 1.51. The van der Waals surface area contributed by atoms with Gasteiger partial charge in [-0.15, -0.1) is 11.3 Å². The molecule has 0 fully saturated rings. The number of hydrogen-bond donors (Lipinski definition) is 1. The van der Waals surface area contributed by atoms with Gasteiger partial charge >= 0.3 is 6.09 Å². The third kappa shape index (κ3) is 1.67. The van der Waals surface area contributed by atoms with E-state index in [2.05, 4.69) is 4.98 Å². The van der Waals surface area contributed by atoms with Gasteiger partial charge in [0.1, 0.15) is 0 Å². The van der Waals surface area contributed by atoms with Crippen molar-refractivity contribution in [3.63, 3.8) is 0 Å². The average Bonchev–Trinajstić information content (AvgIpc) is 2.51. The van der Waals surface area contributed by atoms with Crippen LogP contribution in [0.1, 0.15) is 0 Å². The highest BCUT2D eigenvalue weighted by molar-refractivity contribution is 7.07. The van der Waals surface area contributed by atoms with E-state index in [4.69, 9.17) is 5.11 Å². The third-order valence-corrected chi connectivity index (χ3v) is 2.70. The Kier molecular flexibility index (Phi) is 2.32. The fraction of sp³-hybridized carbons (Fsp3) is 0.111. The van der Waals surface area contributed by atoms with Crippen LogP contribution in [0.2, 0.25) is 0 Å². The third-order valence-electron chi connectivity index (χ3n) is 1.86. The number of hydrogen-bond acceptors (Lipinski definition) is 3. The van der Waals surface area contributed by atoms with Gasteiger partial charge < -0.3 is 5.11 Å². The van der Waals surface area contributed by atoms with E-state index in [1.54, 1.807) is 17.7 Å². The molecule has 1 aliphatic rings. The molecule has 2 heterocycles. The molecular weight excluding hydrogens is 200 g/mol. The van der Waals surface area contributed by atoms with E-state index < -0.39 is 6.09 Å². The minimum Gasteiger partial charge on any atom is -0.465 e. The molecule has 1 aliphatic heterocycles. The van der Waals surface area contributed by atoms with Crippen LogP contribution in [0.4, 0.5) is 4.79 Å². The Bertz CT molecular complexity index is 489. The Balaban J connectivity index is 2.45. The van der Waals surface area contributed by atoms with E-state index in [1.165, 1.54) is 22.4 Å². The highest BCUT2D eigenvalue weighted by Gasteiger charge is 2.06. The molecule has 5 heteroatoms. The van der Waals surface area contributed by atoms with Crippen molar-refractivity contribution in [1.29, 1.82) is 0 Å². The molecule has 4 nitrogen and oxygen atoms in total. The lowest BCUT2D eigenvalue weighted by molar-refractivity contribution is 0.167. The first-order valence-corrected chi connectivity index (χ1v) is 4.93. The highest BCUT2D eigenvalue weighted by atomic mass is 32.1. The molecule has 0 atom stereocenters. The van der Waals surface area contributed by atoms with Crippen molar-refractivity contribution < 1.29 is 9.90 Å². The van der Waals surface area contributed by atoms with E-state index in [9.17, 15) is 4.79 Å². The van der Waals surface area contributed by atoms with Crippen LogP contribution in [0.15, 0.2) is 17.8 Å². The summed E-state index contributed by atoms with van der Waals surface area (Å²) in [6.45, 7) is 0.370. The number of amides is 1. The first-order valence-electron chi connectivity index (χ1n) is 4.05. The summed E-state index contributed by atoms with van der Waals surface area (Å²) in [6.07, 6.45) is 5.94. The van der Waals surface area contributed by atoms with E-state index >= 15 is 0 Å². The van der Waals surface area contributed by atoms with Gasteiger partial charge in [-0.3, -0.25) is 4.90 Å². The average molecular weight is 208 g/mol. The number of aromatic nitrogens is 1. The number of nitrogens with zero attached hydrogens (tertiary/aromatic N) is 2. The second-order valence-electron chi connectivity index (χ2n) is 2.75. The number of carboxylic acid groups (broad SMARTS) is 1. The first-order chi connectivity index (χ1) is 6.77. The maximum atomic E-state index is 10.7. The first kappa shape index (κ1) is 8.96. The fourth-order valence-corrected chi connectivity index (χ4v) is 1.86. The smallest absolute Gasteiger partial charge is 0.411 e. The number of rotatable bonds is 0. The monoisotopic (exact) mass is 208 g/mol. The molecule has 0 saturated heterocycles. The van der Waals surface area contributed by atoms with Gasteiger partial charge in [0.05, 0.1) is 15.4 Å². The maximum Gasteiger partial charge on any atom is 0.411 e. The predicted molar refractivity (Wildman–Crippen MR) is 54.2 cm³/mol. The summed E-state index contributed by atoms with van der Waals surface area (Å²) in [5, 5.41) is 9.68. The molecule has 0 bridgehead atoms. The lowest BCUT2D eigenvalue weighted by atomic mass is 10.4. The standard InChI is InChI=1S/C9H8N2O2S/c12-9(13)11-4-1-2-7-8(3-5-11)14-6-10-7/h1-4,6H,5H2,(H,12,13)/b4-1-,7-2+,8-3+. The maximum absolute atomic E-state index is 10.7. The molecule has 1 amide bonds. The van der Waals surface area contributed by atoms with Gasteiger partial charge in [-0.1, -0.05) is 0 Å². The molecule has 0 aromatic carbocycles. The lowest BCUT2D eigenvalue weighted by Crippen LogP contribution is -2.29. The number of allylic oxidation sites excluding steroid dienone is 1. The molecule has 2 rings (SSSR count). The topological polar surface area (TPSA) is 53.4 Å². The van der Waals surface area contributed by atoms with Crippen LogP contribution in [-0.2, 0) is 0 Å². The molecule has 0 aliphatic carbocycles. The van der Waals surface area contributed by atoms with Crippen LogP contribution in [0.3, 0.4) is 0 Å². The van der Waals surface area contributed by atoms with E-state index in [0.29, 0.717) is 6.54 Å². The quantitative estimate of drug-likeness (QED) is 0.663. The minimum absolute atomic E-state index is 0.370. The van der Waals surface area contributed by atoms with Gasteiger partial charge in [0, 0.05) is 12.7 Å². The Morgan fingerprint density at radius 3 is 3.29 bits per heavy atom. The number of carbonyl (C=O) groups is 1. The van der Waals surface area contributed by atoms with Crippen LogP contribution in [0.25, 0.3) is 12.2 Å². The zero-order valence-electron chi connectivity index (χ0n) is 7.25. The highest BCUT2D eigenvalue weighted by Crippen LogP contribution is 1.94. The van der Waals surface area contributed by atoms with Crippen LogP contribution < -0.4 is 9.88 Å². The molecule has 1 N–H and O–H groups in total. The predicted octanol–water partition coefficient (Wildman–Crippen LogP) is 0.211. The van der Waals surface area contributed by atoms with Crippen LogP contribution >= 0.6 is 11.3 Å². The SMILES string of the molecule is O=C(O)N1\C=C/C=c2/ncs/c2=C/C1. The van der Waals surface area contributed by atoms with Crippen molar-refractivity contribution in [2.75, 3.05) is 6.54 Å². The van der Waals surface area contributed by atoms with Crippen LogP contribution in [-0.4, -0.2) is 27.6 Å². The molecule has 0 unspecified atom stereocenters. The Hall–Kier alpha value is -1.62. The van der Waals surface area contributed by atoms with Gasteiger partial charge in [0.15, 0.2) is 0 Å². The van der Waals surface area contributed by atoms with Crippen LogP contribution in [0.5, 0.6) is 0 Å². The molecular formula is C9H8N2O2S. The van der Waals surface area contributed by atoms with Crippen LogP contribution in [0, 0.1) is 0 Å². The van der Waals surface area contributed by atoms with E-state index in [0.717, 1.165) is 9.88 Å². The summed E-state index contributed by atoms with van der Waals surface area (Å²) in [7, 11) is 0. The van der Waals surface area contributed by atoms with E-state index in [1.807, 2.05) is 6.08 Å². The summed E-state index contributed by atoms with van der Waals surface area (Å²) in [4.78, 5) is 16.1. The van der Waals surface area contributed by atoms with Crippen molar-refractivity contribution in [3.8, 4) is 0 Å². The molecule has 0 radical (unpaired) electrons.